The molecule has 0 aliphatic carbocycles. The minimum absolute atomic E-state index is 0.494. The van der Waals surface area contributed by atoms with Crippen molar-refractivity contribution in [1.82, 2.24) is 5.32 Å². The van der Waals surface area contributed by atoms with Crippen LogP contribution >= 0.6 is 11.6 Å². The summed E-state index contributed by atoms with van der Waals surface area (Å²) < 4.78 is 5.83. The Morgan fingerprint density at radius 2 is 1.89 bits per heavy atom. The van der Waals surface area contributed by atoms with E-state index in [1.807, 2.05) is 6.92 Å². The van der Waals surface area contributed by atoms with Gasteiger partial charge in [0.25, 0.3) is 0 Å². The zero-order valence-electron chi connectivity index (χ0n) is 12.5. The first-order valence-electron chi connectivity index (χ1n) is 6.66. The second kappa shape index (κ2) is 7.56. The lowest BCUT2D eigenvalue weighted by Crippen LogP contribution is -2.21. The Balaban J connectivity index is 2.79. The molecule has 3 heteroatoms. The van der Waals surface area contributed by atoms with Crippen molar-refractivity contribution in [3.8, 4) is 5.75 Å². The van der Waals surface area contributed by atoms with Crippen molar-refractivity contribution in [2.24, 2.45) is 0 Å². The molecule has 0 aromatic heterocycles. The second-order valence-corrected chi connectivity index (χ2v) is 5.56. The molecule has 0 atom stereocenters. The third kappa shape index (κ3) is 5.25. The molecule has 19 heavy (non-hydrogen) atoms. The van der Waals surface area contributed by atoms with E-state index in [2.05, 4.69) is 45.1 Å². The lowest BCUT2D eigenvalue weighted by atomic mass is 10.1. The summed E-state index contributed by atoms with van der Waals surface area (Å²) in [7, 11) is 0. The molecule has 0 bridgehead atoms. The Kier molecular flexibility index (Phi) is 6.40. The Morgan fingerprint density at radius 3 is 2.37 bits per heavy atom. The van der Waals surface area contributed by atoms with Gasteiger partial charge in [0.1, 0.15) is 12.4 Å². The first-order valence-corrected chi connectivity index (χ1v) is 7.09. The average Bonchev–Trinajstić information content (AvgIpc) is 2.34. The highest BCUT2D eigenvalue weighted by Gasteiger charge is 2.07. The first-order chi connectivity index (χ1) is 8.93. The molecule has 106 valence electrons. The fraction of sp³-hybridized carbons (Fsp3) is 0.500. The average molecular weight is 282 g/mol. The van der Waals surface area contributed by atoms with Gasteiger partial charge in [-0.05, 0) is 43.0 Å². The van der Waals surface area contributed by atoms with E-state index in [4.69, 9.17) is 16.3 Å². The molecule has 1 rings (SSSR count). The number of aryl methyl sites for hydroxylation is 2. The highest BCUT2D eigenvalue weighted by atomic mass is 35.5. The molecule has 1 aromatic rings. The SMILES string of the molecule is C/C(=C\Cl)COc1c(C)cc(CNC(C)C)cc1C. The van der Waals surface area contributed by atoms with Gasteiger partial charge in [-0.1, -0.05) is 37.6 Å². The molecular formula is C16H24ClNO. The lowest BCUT2D eigenvalue weighted by Gasteiger charge is -2.15. The molecule has 0 aliphatic rings. The summed E-state index contributed by atoms with van der Waals surface area (Å²) >= 11 is 5.64. The number of nitrogens with one attached hydrogen (secondary N) is 1. The van der Waals surface area contributed by atoms with E-state index in [1.54, 1.807) is 5.54 Å². The molecule has 0 saturated carbocycles. The highest BCUT2D eigenvalue weighted by molar-refractivity contribution is 6.25. The minimum atomic E-state index is 0.494. The van der Waals surface area contributed by atoms with E-state index in [0.29, 0.717) is 12.6 Å². The van der Waals surface area contributed by atoms with Gasteiger partial charge in [-0.2, -0.15) is 0 Å². The molecular weight excluding hydrogens is 258 g/mol. The van der Waals surface area contributed by atoms with Crippen LogP contribution in [0.2, 0.25) is 0 Å². The Morgan fingerprint density at radius 1 is 1.32 bits per heavy atom. The Bertz CT molecular complexity index is 429. The normalized spacial score (nSPS) is 12.1. The molecule has 2 nitrogen and oxygen atoms in total. The monoisotopic (exact) mass is 281 g/mol. The quantitative estimate of drug-likeness (QED) is 0.838. The first kappa shape index (κ1) is 16.1. The summed E-state index contributed by atoms with van der Waals surface area (Å²) in [5.74, 6) is 0.964. The van der Waals surface area contributed by atoms with E-state index in [0.717, 1.165) is 17.9 Å². The standard InChI is InChI=1S/C16H24ClNO/c1-11(2)18-9-15-6-13(4)16(14(5)7-15)19-10-12(3)8-17/h6-8,11,18H,9-10H2,1-5H3/b12-8+. The van der Waals surface area contributed by atoms with Gasteiger partial charge in [0.15, 0.2) is 0 Å². The van der Waals surface area contributed by atoms with Crippen LogP contribution in [0.15, 0.2) is 23.2 Å². The van der Waals surface area contributed by atoms with Crippen LogP contribution < -0.4 is 10.1 Å². The van der Waals surface area contributed by atoms with Gasteiger partial charge in [-0.3, -0.25) is 0 Å². The van der Waals surface area contributed by atoms with Crippen molar-refractivity contribution < 1.29 is 4.74 Å². The van der Waals surface area contributed by atoms with E-state index < -0.39 is 0 Å². The van der Waals surface area contributed by atoms with Gasteiger partial charge in [-0.15, -0.1) is 0 Å². The van der Waals surface area contributed by atoms with Crippen molar-refractivity contribution in [2.45, 2.75) is 47.2 Å². The largest absolute Gasteiger partial charge is 0.489 e. The molecule has 0 unspecified atom stereocenters. The molecule has 1 N–H and O–H groups in total. The predicted octanol–water partition coefficient (Wildman–Crippen LogP) is 4.32. The molecule has 0 heterocycles. The summed E-state index contributed by atoms with van der Waals surface area (Å²) in [4.78, 5) is 0. The van der Waals surface area contributed by atoms with Gasteiger partial charge in [-0.25, -0.2) is 0 Å². The minimum Gasteiger partial charge on any atom is -0.489 e. The Labute approximate surface area is 121 Å². The maximum Gasteiger partial charge on any atom is 0.125 e. The van der Waals surface area contributed by atoms with Gasteiger partial charge in [0.05, 0.1) is 0 Å². The van der Waals surface area contributed by atoms with E-state index in [1.165, 1.54) is 16.7 Å². The zero-order valence-corrected chi connectivity index (χ0v) is 13.3. The lowest BCUT2D eigenvalue weighted by molar-refractivity contribution is 0.347. The summed E-state index contributed by atoms with van der Waals surface area (Å²) in [5.41, 5.74) is 6.21. The third-order valence-corrected chi connectivity index (χ3v) is 3.24. The highest BCUT2D eigenvalue weighted by Crippen LogP contribution is 2.25. The number of rotatable bonds is 6. The zero-order chi connectivity index (χ0) is 14.4. The number of halogens is 1. The van der Waals surface area contributed by atoms with Gasteiger partial charge < -0.3 is 10.1 Å². The van der Waals surface area contributed by atoms with Gasteiger partial charge in [0.2, 0.25) is 0 Å². The number of benzene rings is 1. The van der Waals surface area contributed by atoms with E-state index in [9.17, 15) is 0 Å². The summed E-state index contributed by atoms with van der Waals surface area (Å²) in [5, 5.41) is 3.43. The Hall–Kier alpha value is -0.990. The fourth-order valence-corrected chi connectivity index (χ4v) is 1.97. The van der Waals surface area contributed by atoms with Crippen LogP contribution in [0.25, 0.3) is 0 Å². The maximum absolute atomic E-state index is 5.83. The molecule has 0 saturated heterocycles. The number of hydrogen-bond acceptors (Lipinski definition) is 2. The van der Waals surface area contributed by atoms with E-state index in [-0.39, 0.29) is 0 Å². The summed E-state index contributed by atoms with van der Waals surface area (Å²) in [6.07, 6.45) is 0. The number of ether oxygens (including phenoxy) is 1. The molecule has 0 fully saturated rings. The molecule has 0 radical (unpaired) electrons. The van der Waals surface area contributed by atoms with Crippen LogP contribution in [0.5, 0.6) is 5.75 Å². The van der Waals surface area contributed by atoms with Crippen molar-refractivity contribution in [3.63, 3.8) is 0 Å². The summed E-state index contributed by atoms with van der Waals surface area (Å²) in [6.45, 7) is 11.9. The third-order valence-electron chi connectivity index (χ3n) is 2.86. The molecule has 1 aromatic carbocycles. The predicted molar refractivity (Wildman–Crippen MR) is 83.0 cm³/mol. The fourth-order valence-electron chi connectivity index (χ4n) is 1.91. The second-order valence-electron chi connectivity index (χ2n) is 5.34. The summed E-state index contributed by atoms with van der Waals surface area (Å²) in [6, 6.07) is 4.85. The van der Waals surface area contributed by atoms with Crippen LogP contribution in [-0.2, 0) is 6.54 Å². The van der Waals surface area contributed by atoms with Gasteiger partial charge in [0, 0.05) is 18.1 Å². The maximum atomic E-state index is 5.83. The van der Waals surface area contributed by atoms with Crippen molar-refractivity contribution in [3.05, 3.63) is 39.9 Å². The molecule has 0 amide bonds. The molecule has 0 spiro atoms. The van der Waals surface area contributed by atoms with Crippen LogP contribution in [-0.4, -0.2) is 12.6 Å². The van der Waals surface area contributed by atoms with Crippen molar-refractivity contribution >= 4 is 11.6 Å². The van der Waals surface area contributed by atoms with Crippen molar-refractivity contribution in [2.75, 3.05) is 6.61 Å². The smallest absolute Gasteiger partial charge is 0.125 e. The van der Waals surface area contributed by atoms with Crippen LogP contribution in [0, 0.1) is 13.8 Å². The van der Waals surface area contributed by atoms with Crippen LogP contribution in [0.4, 0.5) is 0 Å². The molecule has 0 aliphatic heterocycles. The topological polar surface area (TPSA) is 21.3 Å². The van der Waals surface area contributed by atoms with Gasteiger partial charge >= 0.3 is 0 Å². The van der Waals surface area contributed by atoms with Crippen LogP contribution in [0.1, 0.15) is 37.5 Å². The van der Waals surface area contributed by atoms with E-state index >= 15 is 0 Å². The number of hydrogen-bond donors (Lipinski definition) is 1. The van der Waals surface area contributed by atoms with Crippen molar-refractivity contribution in [1.29, 1.82) is 0 Å². The van der Waals surface area contributed by atoms with Crippen LogP contribution in [0.3, 0.4) is 0 Å².